The molecule has 6 nitrogen and oxygen atoms in total. The van der Waals surface area contributed by atoms with Crippen molar-refractivity contribution < 1.29 is 22.7 Å². The third kappa shape index (κ3) is 5.05. The lowest BCUT2D eigenvalue weighted by Gasteiger charge is -2.32. The molecule has 1 fully saturated rings. The standard InChI is InChI=1S/C23H21F3N4O2/c24-23(25,26)18-3-1-2-15(11-18)10-16-4-6-19(28-12-16)20-14-30(8-9-32-20)22(31)17-5-7-21(27)29-13-17/h1-7,11-13,20H,8-10,14H2,(H2,27,29). The fourth-order valence-electron chi connectivity index (χ4n) is 3.55. The van der Waals surface area contributed by atoms with Crippen LogP contribution >= 0.6 is 0 Å². The normalized spacial score (nSPS) is 16.7. The third-order valence-corrected chi connectivity index (χ3v) is 5.23. The Morgan fingerprint density at radius 1 is 1.09 bits per heavy atom. The number of ether oxygens (including phenoxy) is 1. The summed E-state index contributed by atoms with van der Waals surface area (Å²) in [5.41, 5.74) is 7.35. The first-order valence-corrected chi connectivity index (χ1v) is 10.0. The molecule has 4 rings (SSSR count). The maximum atomic E-state index is 12.9. The molecule has 2 aromatic heterocycles. The lowest BCUT2D eigenvalue weighted by atomic mass is 10.0. The lowest BCUT2D eigenvalue weighted by Crippen LogP contribution is -2.42. The molecule has 166 valence electrons. The van der Waals surface area contributed by atoms with Gasteiger partial charge in [0, 0.05) is 18.9 Å². The van der Waals surface area contributed by atoms with Crippen molar-refractivity contribution in [2.45, 2.75) is 18.7 Å². The molecule has 0 radical (unpaired) electrons. The van der Waals surface area contributed by atoms with Gasteiger partial charge >= 0.3 is 6.18 Å². The van der Waals surface area contributed by atoms with E-state index in [1.807, 2.05) is 6.07 Å². The van der Waals surface area contributed by atoms with Gasteiger partial charge in [-0.25, -0.2) is 4.98 Å². The minimum absolute atomic E-state index is 0.160. The molecule has 1 aliphatic heterocycles. The van der Waals surface area contributed by atoms with E-state index in [1.54, 1.807) is 35.4 Å². The molecule has 1 aromatic carbocycles. The zero-order chi connectivity index (χ0) is 22.7. The number of halogens is 3. The van der Waals surface area contributed by atoms with Crippen molar-refractivity contribution in [3.8, 4) is 0 Å². The Hall–Kier alpha value is -3.46. The molecular weight excluding hydrogens is 421 g/mol. The smallest absolute Gasteiger partial charge is 0.384 e. The van der Waals surface area contributed by atoms with E-state index in [0.29, 0.717) is 48.8 Å². The topological polar surface area (TPSA) is 81.3 Å². The summed E-state index contributed by atoms with van der Waals surface area (Å²) >= 11 is 0. The van der Waals surface area contributed by atoms with Gasteiger partial charge in [-0.05, 0) is 41.8 Å². The molecule has 1 unspecified atom stereocenters. The van der Waals surface area contributed by atoms with Gasteiger partial charge in [-0.2, -0.15) is 13.2 Å². The van der Waals surface area contributed by atoms with Crippen molar-refractivity contribution >= 4 is 11.7 Å². The number of hydrogen-bond donors (Lipinski definition) is 1. The van der Waals surface area contributed by atoms with Crippen molar-refractivity contribution in [2.75, 3.05) is 25.4 Å². The Bertz CT molecular complexity index is 1090. The summed E-state index contributed by atoms with van der Waals surface area (Å²) in [5, 5.41) is 0. The molecule has 0 spiro atoms. The first-order valence-electron chi connectivity index (χ1n) is 10.0. The largest absolute Gasteiger partial charge is 0.416 e. The summed E-state index contributed by atoms with van der Waals surface area (Å²) in [5.74, 6) is 0.183. The van der Waals surface area contributed by atoms with Crippen LogP contribution in [0.2, 0.25) is 0 Å². The van der Waals surface area contributed by atoms with Crippen LogP contribution in [0.1, 0.15) is 38.8 Å². The first kappa shape index (κ1) is 21.8. The van der Waals surface area contributed by atoms with E-state index >= 15 is 0 Å². The van der Waals surface area contributed by atoms with Crippen LogP contribution in [-0.2, 0) is 17.3 Å². The number of nitrogens with zero attached hydrogens (tertiary/aromatic N) is 3. The van der Waals surface area contributed by atoms with Crippen LogP contribution in [0.3, 0.4) is 0 Å². The second-order valence-electron chi connectivity index (χ2n) is 7.55. The number of aromatic nitrogens is 2. The number of carbonyl (C=O) groups excluding carboxylic acids is 1. The predicted octanol–water partition coefficient (Wildman–Crippen LogP) is 3.88. The average Bonchev–Trinajstić information content (AvgIpc) is 2.79. The molecule has 2 N–H and O–H groups in total. The molecule has 1 aliphatic rings. The van der Waals surface area contributed by atoms with Crippen LogP contribution in [0, 0.1) is 0 Å². The van der Waals surface area contributed by atoms with Gasteiger partial charge in [0.15, 0.2) is 0 Å². The summed E-state index contributed by atoms with van der Waals surface area (Å²) in [6.45, 7) is 1.16. The fraction of sp³-hybridized carbons (Fsp3) is 0.261. The highest BCUT2D eigenvalue weighted by Gasteiger charge is 2.30. The second-order valence-corrected chi connectivity index (χ2v) is 7.55. The molecule has 3 heterocycles. The third-order valence-electron chi connectivity index (χ3n) is 5.23. The minimum Gasteiger partial charge on any atom is -0.384 e. The Morgan fingerprint density at radius 2 is 1.94 bits per heavy atom. The van der Waals surface area contributed by atoms with Crippen LogP contribution in [-0.4, -0.2) is 40.5 Å². The Morgan fingerprint density at radius 3 is 2.62 bits per heavy atom. The molecule has 32 heavy (non-hydrogen) atoms. The number of carbonyl (C=O) groups is 1. The number of nitrogens with two attached hydrogens (primary N) is 1. The lowest BCUT2D eigenvalue weighted by molar-refractivity contribution is -0.137. The number of benzene rings is 1. The quantitative estimate of drug-likeness (QED) is 0.663. The van der Waals surface area contributed by atoms with Crippen LogP contribution < -0.4 is 5.73 Å². The number of anilines is 1. The van der Waals surface area contributed by atoms with Gasteiger partial charge in [0.25, 0.3) is 5.91 Å². The van der Waals surface area contributed by atoms with Gasteiger partial charge in [0.05, 0.1) is 30.0 Å². The number of amides is 1. The highest BCUT2D eigenvalue weighted by molar-refractivity contribution is 5.94. The molecule has 1 saturated heterocycles. The molecule has 0 bridgehead atoms. The van der Waals surface area contributed by atoms with Gasteiger partial charge in [0.2, 0.25) is 0 Å². The fourth-order valence-corrected chi connectivity index (χ4v) is 3.55. The summed E-state index contributed by atoms with van der Waals surface area (Å²) in [7, 11) is 0. The highest BCUT2D eigenvalue weighted by Crippen LogP contribution is 2.30. The van der Waals surface area contributed by atoms with E-state index in [1.165, 1.54) is 12.3 Å². The predicted molar refractivity (Wildman–Crippen MR) is 112 cm³/mol. The van der Waals surface area contributed by atoms with Crippen molar-refractivity contribution in [3.63, 3.8) is 0 Å². The Balaban J connectivity index is 1.42. The van der Waals surface area contributed by atoms with E-state index in [0.717, 1.165) is 17.7 Å². The Labute approximate surface area is 182 Å². The van der Waals surface area contributed by atoms with Crippen molar-refractivity contribution in [3.05, 3.63) is 88.9 Å². The van der Waals surface area contributed by atoms with Gasteiger partial charge in [-0.3, -0.25) is 9.78 Å². The van der Waals surface area contributed by atoms with E-state index in [4.69, 9.17) is 10.5 Å². The van der Waals surface area contributed by atoms with Crippen LogP contribution in [0.5, 0.6) is 0 Å². The number of morpholine rings is 1. The number of hydrogen-bond acceptors (Lipinski definition) is 5. The summed E-state index contributed by atoms with van der Waals surface area (Å²) in [4.78, 5) is 22.8. The minimum atomic E-state index is -4.37. The molecular formula is C23H21F3N4O2. The van der Waals surface area contributed by atoms with E-state index < -0.39 is 17.8 Å². The number of rotatable bonds is 4. The number of pyridine rings is 2. The summed E-state index contributed by atoms with van der Waals surface area (Å²) < 4.78 is 44.5. The summed E-state index contributed by atoms with van der Waals surface area (Å²) in [6, 6.07) is 12.1. The van der Waals surface area contributed by atoms with Gasteiger partial charge in [0.1, 0.15) is 11.9 Å². The molecule has 1 atom stereocenters. The monoisotopic (exact) mass is 442 g/mol. The summed E-state index contributed by atoms with van der Waals surface area (Å²) in [6.07, 6.45) is -1.36. The maximum absolute atomic E-state index is 12.9. The van der Waals surface area contributed by atoms with Gasteiger partial charge in [-0.15, -0.1) is 0 Å². The van der Waals surface area contributed by atoms with E-state index in [2.05, 4.69) is 9.97 Å². The highest BCUT2D eigenvalue weighted by atomic mass is 19.4. The van der Waals surface area contributed by atoms with Crippen LogP contribution in [0.15, 0.2) is 60.9 Å². The number of alkyl halides is 3. The van der Waals surface area contributed by atoms with Crippen molar-refractivity contribution in [1.29, 1.82) is 0 Å². The van der Waals surface area contributed by atoms with E-state index in [9.17, 15) is 18.0 Å². The van der Waals surface area contributed by atoms with Gasteiger partial charge < -0.3 is 15.4 Å². The van der Waals surface area contributed by atoms with Gasteiger partial charge in [-0.1, -0.05) is 24.3 Å². The first-order chi connectivity index (χ1) is 15.3. The zero-order valence-corrected chi connectivity index (χ0v) is 17.0. The molecule has 0 saturated carbocycles. The molecule has 0 aliphatic carbocycles. The zero-order valence-electron chi connectivity index (χ0n) is 17.0. The maximum Gasteiger partial charge on any atom is 0.416 e. The van der Waals surface area contributed by atoms with Crippen LogP contribution in [0.4, 0.5) is 19.0 Å². The molecule has 9 heteroatoms. The second kappa shape index (κ2) is 8.96. The SMILES string of the molecule is Nc1ccc(C(=O)N2CCOC(c3ccc(Cc4cccc(C(F)(F)F)c4)cn3)C2)cn1. The number of nitrogen functional groups attached to an aromatic ring is 1. The van der Waals surface area contributed by atoms with Crippen LogP contribution in [0.25, 0.3) is 0 Å². The average molecular weight is 442 g/mol. The van der Waals surface area contributed by atoms with Crippen molar-refractivity contribution in [1.82, 2.24) is 14.9 Å². The van der Waals surface area contributed by atoms with Crippen molar-refractivity contribution in [2.24, 2.45) is 0 Å². The Kier molecular flexibility index (Phi) is 6.09. The molecule has 3 aromatic rings. The molecule has 1 amide bonds. The van der Waals surface area contributed by atoms with E-state index in [-0.39, 0.29) is 5.91 Å².